The van der Waals surface area contributed by atoms with Gasteiger partial charge in [0.2, 0.25) is 11.8 Å². The average Bonchev–Trinajstić information content (AvgIpc) is 3.29. The van der Waals surface area contributed by atoms with Crippen LogP contribution in [0.3, 0.4) is 0 Å². The summed E-state index contributed by atoms with van der Waals surface area (Å²) < 4.78 is 5.85. The number of para-hydroxylation sites is 1. The van der Waals surface area contributed by atoms with E-state index in [2.05, 4.69) is 65.9 Å². The first-order valence-corrected chi connectivity index (χ1v) is 12.2. The summed E-state index contributed by atoms with van der Waals surface area (Å²) >= 11 is 0. The first kappa shape index (κ1) is 25.0. The van der Waals surface area contributed by atoms with Gasteiger partial charge in [-0.1, -0.05) is 74.5 Å². The number of amides is 2. The predicted octanol–water partition coefficient (Wildman–Crippen LogP) is 4.74. The number of benzene rings is 3. The first-order chi connectivity index (χ1) is 17.3. The van der Waals surface area contributed by atoms with Gasteiger partial charge in [-0.25, -0.2) is 0 Å². The molecule has 0 spiro atoms. The van der Waals surface area contributed by atoms with Crippen LogP contribution in [-0.4, -0.2) is 36.0 Å². The SMILES string of the molecule is CC(=O)N[C@H](Cc1c[nH]c2ccccc12)C(=O)NCCOc1ccc(C(C)(C)c2ccccc2)cc1. The van der Waals surface area contributed by atoms with Crippen LogP contribution < -0.4 is 15.4 Å². The number of rotatable bonds is 10. The molecule has 0 bridgehead atoms. The molecule has 0 unspecified atom stereocenters. The van der Waals surface area contributed by atoms with Crippen LogP contribution in [0.2, 0.25) is 0 Å². The van der Waals surface area contributed by atoms with Gasteiger partial charge in [-0.05, 0) is 34.9 Å². The molecule has 0 aliphatic heterocycles. The lowest BCUT2D eigenvalue weighted by atomic mass is 9.78. The maximum atomic E-state index is 12.9. The second kappa shape index (κ2) is 11.1. The van der Waals surface area contributed by atoms with Crippen molar-refractivity contribution in [2.45, 2.75) is 38.6 Å². The van der Waals surface area contributed by atoms with Crippen LogP contribution in [0.5, 0.6) is 5.75 Å². The number of fused-ring (bicyclic) bond motifs is 1. The summed E-state index contributed by atoms with van der Waals surface area (Å²) in [4.78, 5) is 27.8. The minimum Gasteiger partial charge on any atom is -0.492 e. The van der Waals surface area contributed by atoms with E-state index in [-0.39, 0.29) is 17.2 Å². The Morgan fingerprint density at radius 2 is 1.58 bits per heavy atom. The zero-order chi connectivity index (χ0) is 25.5. The van der Waals surface area contributed by atoms with Crippen LogP contribution in [0.1, 0.15) is 37.5 Å². The minimum absolute atomic E-state index is 0.114. The van der Waals surface area contributed by atoms with Crippen molar-refractivity contribution in [2.75, 3.05) is 13.2 Å². The highest BCUT2D eigenvalue weighted by molar-refractivity contribution is 5.89. The summed E-state index contributed by atoms with van der Waals surface area (Å²) in [6, 6.07) is 25.7. The van der Waals surface area contributed by atoms with Crippen molar-refractivity contribution in [3.63, 3.8) is 0 Å². The van der Waals surface area contributed by atoms with E-state index in [1.165, 1.54) is 18.1 Å². The van der Waals surface area contributed by atoms with Crippen molar-refractivity contribution in [1.29, 1.82) is 0 Å². The van der Waals surface area contributed by atoms with Crippen LogP contribution in [0.4, 0.5) is 0 Å². The van der Waals surface area contributed by atoms with E-state index in [0.717, 1.165) is 22.2 Å². The Balaban J connectivity index is 1.30. The van der Waals surface area contributed by atoms with Crippen molar-refractivity contribution in [3.8, 4) is 5.75 Å². The molecule has 0 fully saturated rings. The van der Waals surface area contributed by atoms with Gasteiger partial charge in [-0.15, -0.1) is 0 Å². The highest BCUT2D eigenvalue weighted by Gasteiger charge is 2.23. The summed E-state index contributed by atoms with van der Waals surface area (Å²) in [6.45, 7) is 6.49. The van der Waals surface area contributed by atoms with Crippen molar-refractivity contribution < 1.29 is 14.3 Å². The van der Waals surface area contributed by atoms with Gasteiger partial charge in [0.25, 0.3) is 0 Å². The van der Waals surface area contributed by atoms with Crippen LogP contribution in [0.25, 0.3) is 10.9 Å². The molecule has 2 amide bonds. The summed E-state index contributed by atoms with van der Waals surface area (Å²) in [5, 5.41) is 6.70. The molecule has 6 heteroatoms. The van der Waals surface area contributed by atoms with Crippen LogP contribution >= 0.6 is 0 Å². The molecule has 36 heavy (non-hydrogen) atoms. The monoisotopic (exact) mass is 483 g/mol. The number of carbonyl (C=O) groups excluding carboxylic acids is 2. The molecule has 6 nitrogen and oxygen atoms in total. The number of ether oxygens (including phenoxy) is 1. The van der Waals surface area contributed by atoms with Gasteiger partial charge in [0.1, 0.15) is 18.4 Å². The van der Waals surface area contributed by atoms with Gasteiger partial charge < -0.3 is 20.4 Å². The minimum atomic E-state index is -0.666. The van der Waals surface area contributed by atoms with E-state index in [9.17, 15) is 9.59 Å². The summed E-state index contributed by atoms with van der Waals surface area (Å²) in [5.41, 5.74) is 4.32. The molecule has 4 rings (SSSR count). The van der Waals surface area contributed by atoms with E-state index >= 15 is 0 Å². The van der Waals surface area contributed by atoms with Gasteiger partial charge in [-0.2, -0.15) is 0 Å². The van der Waals surface area contributed by atoms with Gasteiger partial charge in [0.15, 0.2) is 0 Å². The maximum absolute atomic E-state index is 12.9. The molecule has 0 saturated carbocycles. The number of aromatic nitrogens is 1. The number of carbonyl (C=O) groups is 2. The maximum Gasteiger partial charge on any atom is 0.243 e. The fourth-order valence-corrected chi connectivity index (χ4v) is 4.43. The molecule has 4 aromatic rings. The molecule has 1 atom stereocenters. The van der Waals surface area contributed by atoms with Gasteiger partial charge in [0.05, 0.1) is 6.54 Å². The smallest absolute Gasteiger partial charge is 0.243 e. The number of hydrogen-bond acceptors (Lipinski definition) is 3. The molecular formula is C30H33N3O3. The number of hydrogen-bond donors (Lipinski definition) is 3. The lowest BCUT2D eigenvalue weighted by molar-refractivity contribution is -0.128. The third-order valence-corrected chi connectivity index (χ3v) is 6.53. The molecule has 0 radical (unpaired) electrons. The number of aromatic amines is 1. The van der Waals surface area contributed by atoms with Gasteiger partial charge in [-0.3, -0.25) is 9.59 Å². The van der Waals surface area contributed by atoms with E-state index in [1.807, 2.05) is 48.7 Å². The third kappa shape index (κ3) is 5.95. The summed E-state index contributed by atoms with van der Waals surface area (Å²) in [5.74, 6) is 0.262. The molecule has 0 saturated heterocycles. The summed E-state index contributed by atoms with van der Waals surface area (Å²) in [7, 11) is 0. The Morgan fingerprint density at radius 1 is 0.917 bits per heavy atom. The lowest BCUT2D eigenvalue weighted by Crippen LogP contribution is -2.48. The first-order valence-electron chi connectivity index (χ1n) is 12.2. The fraction of sp³-hybridized carbons (Fsp3) is 0.267. The standard InChI is InChI=1S/C30H33N3O3/c1-21(34)33-28(19-22-20-32-27-12-8-7-11-26(22)27)29(35)31-17-18-36-25-15-13-24(14-16-25)30(2,3)23-9-5-4-6-10-23/h4-16,20,28,32H,17-19H2,1-3H3,(H,31,35)(H,33,34)/t28-/m1/s1. The quantitative estimate of drug-likeness (QED) is 0.285. The molecule has 3 N–H and O–H groups in total. The lowest BCUT2D eigenvalue weighted by Gasteiger charge is -2.26. The second-order valence-electron chi connectivity index (χ2n) is 9.47. The highest BCUT2D eigenvalue weighted by atomic mass is 16.5. The Morgan fingerprint density at radius 3 is 2.31 bits per heavy atom. The van der Waals surface area contributed by atoms with E-state index in [4.69, 9.17) is 4.74 Å². The summed E-state index contributed by atoms with van der Waals surface area (Å²) in [6.07, 6.45) is 2.29. The number of H-pyrrole nitrogens is 1. The Kier molecular flexibility index (Phi) is 7.74. The fourth-order valence-electron chi connectivity index (χ4n) is 4.43. The molecule has 0 aliphatic carbocycles. The molecule has 3 aromatic carbocycles. The average molecular weight is 484 g/mol. The molecule has 186 valence electrons. The number of nitrogens with one attached hydrogen (secondary N) is 3. The van der Waals surface area contributed by atoms with Gasteiger partial charge in [0, 0.05) is 35.9 Å². The second-order valence-corrected chi connectivity index (χ2v) is 9.47. The van der Waals surface area contributed by atoms with Crippen molar-refractivity contribution in [2.24, 2.45) is 0 Å². The Hall–Kier alpha value is -4.06. The molecule has 0 aliphatic rings. The van der Waals surface area contributed by atoms with E-state index in [0.29, 0.717) is 19.6 Å². The van der Waals surface area contributed by atoms with Crippen molar-refractivity contribution >= 4 is 22.7 Å². The van der Waals surface area contributed by atoms with Crippen molar-refractivity contribution in [3.05, 3.63) is 102 Å². The van der Waals surface area contributed by atoms with Crippen LogP contribution in [0, 0.1) is 0 Å². The van der Waals surface area contributed by atoms with Gasteiger partial charge >= 0.3 is 0 Å². The zero-order valence-electron chi connectivity index (χ0n) is 21.0. The molecule has 1 aromatic heterocycles. The molecule has 1 heterocycles. The Bertz CT molecular complexity index is 1310. The highest BCUT2D eigenvalue weighted by Crippen LogP contribution is 2.32. The van der Waals surface area contributed by atoms with E-state index < -0.39 is 6.04 Å². The normalized spacial score (nSPS) is 12.2. The van der Waals surface area contributed by atoms with Crippen LogP contribution in [0.15, 0.2) is 85.1 Å². The van der Waals surface area contributed by atoms with Crippen molar-refractivity contribution in [1.82, 2.24) is 15.6 Å². The molecular weight excluding hydrogens is 450 g/mol. The topological polar surface area (TPSA) is 83.2 Å². The third-order valence-electron chi connectivity index (χ3n) is 6.53. The predicted molar refractivity (Wildman–Crippen MR) is 143 cm³/mol. The zero-order valence-corrected chi connectivity index (χ0v) is 21.0. The van der Waals surface area contributed by atoms with Crippen LogP contribution in [-0.2, 0) is 21.4 Å². The largest absolute Gasteiger partial charge is 0.492 e. The Labute approximate surface area is 212 Å². The van der Waals surface area contributed by atoms with E-state index in [1.54, 1.807) is 0 Å².